The predicted octanol–water partition coefficient (Wildman–Crippen LogP) is 5.65. The lowest BCUT2D eigenvalue weighted by molar-refractivity contribution is -0.0599. The van der Waals surface area contributed by atoms with Crippen molar-refractivity contribution in [3.8, 4) is 0 Å². The van der Waals surface area contributed by atoms with Gasteiger partial charge >= 0.3 is 0 Å². The molecule has 0 amide bonds. The molecule has 4 aromatic rings. The Labute approximate surface area is 269 Å². The predicted molar refractivity (Wildman–Crippen MR) is 185 cm³/mol. The Balaban J connectivity index is 1.48. The number of hydrogen-bond donors (Lipinski definition) is 0. The third-order valence-electron chi connectivity index (χ3n) is 7.72. The number of ether oxygens (including phenoxy) is 2. The average molecular weight is 651 g/mol. The van der Waals surface area contributed by atoms with Crippen LogP contribution in [0.3, 0.4) is 0 Å². The SMILES string of the molecule is CSS[C@@H](C)OC1C[C@H](n2cnc3c(/N=C/N(C)C)ncnc32)O[C@@H]1CO[Si](c1ccccc1)(c1ccccc1)C(C)(C)C. The maximum atomic E-state index is 7.30. The Morgan fingerprint density at radius 2 is 1.73 bits per heavy atom. The van der Waals surface area contributed by atoms with Gasteiger partial charge in [0.15, 0.2) is 17.0 Å². The molecule has 0 N–H and O–H groups in total. The van der Waals surface area contributed by atoms with E-state index >= 15 is 0 Å². The summed E-state index contributed by atoms with van der Waals surface area (Å²) in [5.41, 5.74) is 1.29. The van der Waals surface area contributed by atoms with E-state index in [4.69, 9.17) is 13.9 Å². The zero-order valence-electron chi connectivity index (χ0n) is 26.5. The van der Waals surface area contributed by atoms with Crippen molar-refractivity contribution < 1.29 is 13.9 Å². The van der Waals surface area contributed by atoms with Crippen LogP contribution in [0, 0.1) is 0 Å². The number of imidazole rings is 1. The molecule has 2 aromatic carbocycles. The van der Waals surface area contributed by atoms with Crippen LogP contribution in [-0.2, 0) is 13.9 Å². The smallest absolute Gasteiger partial charge is 0.261 e. The molecule has 0 saturated carbocycles. The summed E-state index contributed by atoms with van der Waals surface area (Å²) in [6, 6.07) is 21.4. The third-order valence-corrected chi connectivity index (χ3v) is 14.7. The van der Waals surface area contributed by atoms with E-state index in [9.17, 15) is 0 Å². The molecule has 1 saturated heterocycles. The lowest BCUT2D eigenvalue weighted by atomic mass is 10.2. The largest absolute Gasteiger partial charge is 0.405 e. The molecule has 44 heavy (non-hydrogen) atoms. The summed E-state index contributed by atoms with van der Waals surface area (Å²) < 4.78 is 22.7. The Hall–Kier alpha value is -2.74. The van der Waals surface area contributed by atoms with Crippen molar-refractivity contribution in [3.63, 3.8) is 0 Å². The van der Waals surface area contributed by atoms with Crippen molar-refractivity contribution >= 4 is 63.6 Å². The number of aliphatic imine (C=N–C) groups is 1. The molecule has 0 spiro atoms. The van der Waals surface area contributed by atoms with Gasteiger partial charge in [-0.1, -0.05) is 103 Å². The highest BCUT2D eigenvalue weighted by molar-refractivity contribution is 8.76. The van der Waals surface area contributed by atoms with Crippen LogP contribution in [-0.4, -0.2) is 83.7 Å². The minimum Gasteiger partial charge on any atom is -0.405 e. The fourth-order valence-corrected chi connectivity index (χ4v) is 11.8. The first-order valence-corrected chi connectivity index (χ1v) is 19.3. The molecule has 5 rings (SSSR count). The zero-order valence-corrected chi connectivity index (χ0v) is 29.1. The molecule has 234 valence electrons. The van der Waals surface area contributed by atoms with Crippen molar-refractivity contribution in [1.82, 2.24) is 24.4 Å². The van der Waals surface area contributed by atoms with E-state index in [2.05, 4.69) is 115 Å². The van der Waals surface area contributed by atoms with Crippen molar-refractivity contribution in [1.29, 1.82) is 0 Å². The van der Waals surface area contributed by atoms with Gasteiger partial charge in [0.2, 0.25) is 0 Å². The monoisotopic (exact) mass is 650 g/mol. The summed E-state index contributed by atoms with van der Waals surface area (Å²) in [6.45, 7) is 9.34. The maximum Gasteiger partial charge on any atom is 0.261 e. The van der Waals surface area contributed by atoms with Gasteiger partial charge in [-0.05, 0) is 28.6 Å². The van der Waals surface area contributed by atoms with Crippen molar-refractivity contribution in [2.75, 3.05) is 27.0 Å². The molecule has 0 bridgehead atoms. The molecule has 1 aliphatic heterocycles. The lowest BCUT2D eigenvalue weighted by Crippen LogP contribution is -2.67. The summed E-state index contributed by atoms with van der Waals surface area (Å²) in [5.74, 6) is 0.518. The average Bonchev–Trinajstić information content (AvgIpc) is 3.61. The summed E-state index contributed by atoms with van der Waals surface area (Å²) >= 11 is 0. The quantitative estimate of drug-likeness (QED) is 0.0635. The van der Waals surface area contributed by atoms with Gasteiger partial charge in [0.1, 0.15) is 24.1 Å². The van der Waals surface area contributed by atoms with E-state index in [1.165, 1.54) is 16.7 Å². The molecule has 1 fully saturated rings. The van der Waals surface area contributed by atoms with Gasteiger partial charge < -0.3 is 18.8 Å². The first-order chi connectivity index (χ1) is 21.1. The standard InChI is InChI=1S/C32H42N6O3S2Si/c1-23(43-42-7)40-26-18-28(38-22-35-29-30(36-21-37(5)6)33-20-34-31(29)38)41-27(26)19-39-44(32(2,3)4,24-14-10-8-11-15-24)25-16-12-9-13-17-25/h8-17,20-23,26-28H,18-19H2,1-7H3/b36-21+/t23-,26?,27+,28+/m0/s1. The van der Waals surface area contributed by atoms with Gasteiger partial charge in [-0.3, -0.25) is 4.57 Å². The Kier molecular flexibility index (Phi) is 10.5. The van der Waals surface area contributed by atoms with Crippen molar-refractivity contribution in [3.05, 3.63) is 73.3 Å². The van der Waals surface area contributed by atoms with E-state index in [1.807, 2.05) is 23.6 Å². The first kappa shape index (κ1) is 32.6. The van der Waals surface area contributed by atoms with Crippen molar-refractivity contribution in [2.24, 2.45) is 4.99 Å². The molecular weight excluding hydrogens is 609 g/mol. The highest BCUT2D eigenvalue weighted by Gasteiger charge is 2.51. The highest BCUT2D eigenvalue weighted by Crippen LogP contribution is 2.40. The summed E-state index contributed by atoms with van der Waals surface area (Å²) in [7, 11) is 4.46. The van der Waals surface area contributed by atoms with Crippen LogP contribution in [0.1, 0.15) is 40.3 Å². The highest BCUT2D eigenvalue weighted by atomic mass is 33.1. The Morgan fingerprint density at radius 1 is 1.07 bits per heavy atom. The third kappa shape index (κ3) is 6.90. The van der Waals surface area contributed by atoms with E-state index in [1.54, 1.807) is 34.3 Å². The molecular formula is C32H42N6O3S2Si. The normalized spacial score (nSPS) is 20.0. The fourth-order valence-electron chi connectivity index (χ4n) is 5.85. The molecule has 0 radical (unpaired) electrons. The van der Waals surface area contributed by atoms with Crippen LogP contribution in [0.2, 0.25) is 5.04 Å². The minimum absolute atomic E-state index is 0.0125. The van der Waals surface area contributed by atoms with Crippen LogP contribution in [0.4, 0.5) is 5.82 Å². The second-order valence-electron chi connectivity index (χ2n) is 12.1. The number of fused-ring (bicyclic) bond motifs is 1. The van der Waals surface area contributed by atoms with Crippen LogP contribution in [0.15, 0.2) is 78.3 Å². The molecule has 9 nitrogen and oxygen atoms in total. The van der Waals surface area contributed by atoms with Gasteiger partial charge in [0, 0.05) is 20.5 Å². The fraction of sp³-hybridized carbons (Fsp3) is 0.438. The van der Waals surface area contributed by atoms with E-state index < -0.39 is 8.32 Å². The Bertz CT molecular complexity index is 1490. The van der Waals surface area contributed by atoms with Crippen molar-refractivity contribution in [2.45, 2.75) is 63.0 Å². The second-order valence-corrected chi connectivity index (χ2v) is 19.1. The summed E-state index contributed by atoms with van der Waals surface area (Å²) in [4.78, 5) is 19.9. The molecule has 0 aliphatic carbocycles. The topological polar surface area (TPSA) is 86.9 Å². The number of hydrogen-bond acceptors (Lipinski definition) is 9. The molecule has 4 atom stereocenters. The van der Waals surface area contributed by atoms with E-state index in [0.29, 0.717) is 30.0 Å². The maximum absolute atomic E-state index is 7.30. The van der Waals surface area contributed by atoms with Gasteiger partial charge in [-0.25, -0.2) is 19.9 Å². The molecule has 1 aliphatic rings. The van der Waals surface area contributed by atoms with Gasteiger partial charge in [-0.15, -0.1) is 0 Å². The zero-order chi connectivity index (χ0) is 31.3. The van der Waals surface area contributed by atoms with Crippen LogP contribution in [0.25, 0.3) is 11.2 Å². The van der Waals surface area contributed by atoms with Crippen LogP contribution in [0.5, 0.6) is 0 Å². The van der Waals surface area contributed by atoms with Crippen LogP contribution >= 0.6 is 21.6 Å². The Morgan fingerprint density at radius 3 is 2.32 bits per heavy atom. The minimum atomic E-state index is -2.76. The molecule has 3 heterocycles. The first-order valence-electron chi connectivity index (χ1n) is 14.8. The molecule has 1 unspecified atom stereocenters. The van der Waals surface area contributed by atoms with E-state index in [0.717, 1.165) is 0 Å². The molecule has 2 aromatic heterocycles. The number of aromatic nitrogens is 4. The number of nitrogens with zero attached hydrogens (tertiary/aromatic N) is 6. The number of benzene rings is 2. The molecule has 12 heteroatoms. The van der Waals surface area contributed by atoms with Gasteiger partial charge in [-0.2, -0.15) is 0 Å². The summed E-state index contributed by atoms with van der Waals surface area (Å²) in [5, 5.41) is 2.33. The van der Waals surface area contributed by atoms with Gasteiger partial charge in [0.25, 0.3) is 8.32 Å². The van der Waals surface area contributed by atoms with Crippen LogP contribution < -0.4 is 10.4 Å². The second kappa shape index (κ2) is 14.1. The van der Waals surface area contributed by atoms with E-state index in [-0.39, 0.29) is 28.9 Å². The lowest BCUT2D eigenvalue weighted by Gasteiger charge is -2.43. The van der Waals surface area contributed by atoms with Gasteiger partial charge in [0.05, 0.1) is 25.4 Å². The number of rotatable bonds is 12. The summed E-state index contributed by atoms with van der Waals surface area (Å²) in [6.07, 6.45) is 6.89.